The molecule has 1 fully saturated rings. The predicted octanol–water partition coefficient (Wildman–Crippen LogP) is 2.79. The summed E-state index contributed by atoms with van der Waals surface area (Å²) < 4.78 is 0. The highest BCUT2D eigenvalue weighted by Crippen LogP contribution is 2.45. The second-order valence-electron chi connectivity index (χ2n) is 7.29. The Kier molecular flexibility index (Phi) is 7.22. The fraction of sp³-hybridized carbons (Fsp3) is 0.632. The van der Waals surface area contributed by atoms with Crippen molar-refractivity contribution in [3.8, 4) is 0 Å². The summed E-state index contributed by atoms with van der Waals surface area (Å²) in [5, 5.41) is 9.45. The summed E-state index contributed by atoms with van der Waals surface area (Å²) in [6.45, 7) is 8.36. The molecule has 0 atom stereocenters. The first-order valence-electron chi connectivity index (χ1n) is 9.25. The van der Waals surface area contributed by atoms with E-state index in [9.17, 15) is 4.79 Å². The summed E-state index contributed by atoms with van der Waals surface area (Å²) in [6.07, 6.45) is 8.40. The van der Waals surface area contributed by atoms with Crippen molar-refractivity contribution < 1.29 is 4.79 Å². The second-order valence-corrected chi connectivity index (χ2v) is 7.29. The molecule has 0 aromatic carbocycles. The number of aromatic nitrogens is 1. The first-order chi connectivity index (χ1) is 12.0. The van der Waals surface area contributed by atoms with Crippen LogP contribution >= 0.6 is 0 Å². The minimum absolute atomic E-state index is 0.0847. The molecule has 1 aromatic rings. The zero-order chi connectivity index (χ0) is 18.1. The zero-order valence-corrected chi connectivity index (χ0v) is 15.6. The van der Waals surface area contributed by atoms with Gasteiger partial charge in [-0.25, -0.2) is 4.99 Å². The van der Waals surface area contributed by atoms with Crippen LogP contribution in [-0.2, 0) is 4.79 Å². The smallest absolute Gasteiger partial charge is 0.246 e. The van der Waals surface area contributed by atoms with Crippen LogP contribution in [0.15, 0.2) is 29.5 Å². The Balaban J connectivity index is 1.86. The molecule has 138 valence electrons. The third kappa shape index (κ3) is 6.36. The molecule has 0 saturated heterocycles. The number of pyridine rings is 1. The lowest BCUT2D eigenvalue weighted by Gasteiger charge is -2.43. The van der Waals surface area contributed by atoms with Crippen molar-refractivity contribution in [3.05, 3.63) is 24.5 Å². The molecule has 2 rings (SSSR count). The maximum Gasteiger partial charge on any atom is 0.246 e. The summed E-state index contributed by atoms with van der Waals surface area (Å²) in [4.78, 5) is 20.4. The van der Waals surface area contributed by atoms with Gasteiger partial charge in [0, 0.05) is 19.3 Å². The van der Waals surface area contributed by atoms with Gasteiger partial charge in [-0.1, -0.05) is 20.3 Å². The number of rotatable bonds is 8. The molecule has 1 aliphatic rings. The van der Waals surface area contributed by atoms with Gasteiger partial charge in [-0.2, -0.15) is 0 Å². The average molecular weight is 345 g/mol. The maximum atomic E-state index is 12.0. The van der Waals surface area contributed by atoms with Crippen LogP contribution in [-0.4, -0.2) is 36.5 Å². The van der Waals surface area contributed by atoms with Crippen LogP contribution in [0.3, 0.4) is 0 Å². The van der Waals surface area contributed by atoms with E-state index in [1.54, 1.807) is 18.5 Å². The summed E-state index contributed by atoms with van der Waals surface area (Å²) >= 11 is 0. The van der Waals surface area contributed by atoms with Crippen molar-refractivity contribution >= 4 is 17.6 Å². The van der Waals surface area contributed by atoms with Crippen LogP contribution in [0, 0.1) is 11.3 Å². The van der Waals surface area contributed by atoms with Crippen LogP contribution in [0.25, 0.3) is 0 Å². The molecular weight excluding hydrogens is 314 g/mol. The first-order valence-corrected chi connectivity index (χ1v) is 9.25. The van der Waals surface area contributed by atoms with E-state index in [0.29, 0.717) is 23.0 Å². The Morgan fingerprint density at radius 1 is 1.36 bits per heavy atom. The van der Waals surface area contributed by atoms with Gasteiger partial charge in [0.2, 0.25) is 5.91 Å². The first kappa shape index (κ1) is 19.2. The molecule has 0 aliphatic heterocycles. The molecule has 0 spiro atoms. The number of guanidine groups is 1. The summed E-state index contributed by atoms with van der Waals surface area (Å²) in [5.41, 5.74) is 1.08. The van der Waals surface area contributed by atoms with Gasteiger partial charge >= 0.3 is 0 Å². The Labute approximate surface area is 150 Å². The van der Waals surface area contributed by atoms with Crippen LogP contribution in [0.5, 0.6) is 0 Å². The molecule has 1 heterocycles. The van der Waals surface area contributed by atoms with E-state index >= 15 is 0 Å². The van der Waals surface area contributed by atoms with Crippen LogP contribution < -0.4 is 16.0 Å². The Morgan fingerprint density at radius 2 is 2.16 bits per heavy atom. The summed E-state index contributed by atoms with van der Waals surface area (Å²) in [6, 6.07) is 3.60. The van der Waals surface area contributed by atoms with Gasteiger partial charge in [-0.15, -0.1) is 0 Å². The third-order valence-corrected chi connectivity index (χ3v) is 4.56. The van der Waals surface area contributed by atoms with E-state index in [1.165, 1.54) is 25.7 Å². The maximum absolute atomic E-state index is 12.0. The van der Waals surface area contributed by atoms with E-state index in [1.807, 2.05) is 13.0 Å². The number of anilines is 1. The van der Waals surface area contributed by atoms with Gasteiger partial charge in [0.1, 0.15) is 6.54 Å². The molecule has 0 unspecified atom stereocenters. The molecule has 3 N–H and O–H groups in total. The van der Waals surface area contributed by atoms with Gasteiger partial charge in [0.25, 0.3) is 0 Å². The van der Waals surface area contributed by atoms with E-state index in [4.69, 9.17) is 0 Å². The Morgan fingerprint density at radius 3 is 2.72 bits per heavy atom. The van der Waals surface area contributed by atoms with Crippen molar-refractivity contribution in [3.63, 3.8) is 0 Å². The number of carbonyl (C=O) groups is 1. The molecule has 25 heavy (non-hydrogen) atoms. The fourth-order valence-electron chi connectivity index (χ4n) is 3.40. The predicted molar refractivity (Wildman–Crippen MR) is 103 cm³/mol. The topological polar surface area (TPSA) is 78.4 Å². The molecule has 1 aromatic heterocycles. The van der Waals surface area contributed by atoms with E-state index < -0.39 is 0 Å². The molecule has 6 nitrogen and oxygen atoms in total. The number of nitrogens with one attached hydrogen (secondary N) is 3. The van der Waals surface area contributed by atoms with Crippen molar-refractivity contribution in [2.75, 3.05) is 25.0 Å². The molecule has 1 amide bonds. The fourth-order valence-corrected chi connectivity index (χ4v) is 3.40. The second kappa shape index (κ2) is 9.39. The molecule has 0 bridgehead atoms. The van der Waals surface area contributed by atoms with Gasteiger partial charge in [-0.3, -0.25) is 9.78 Å². The average Bonchev–Trinajstić information content (AvgIpc) is 2.55. The van der Waals surface area contributed by atoms with Crippen LogP contribution in [0.1, 0.15) is 46.5 Å². The largest absolute Gasteiger partial charge is 0.357 e. The molecular formula is C19H31N5O. The van der Waals surface area contributed by atoms with Crippen molar-refractivity contribution in [1.29, 1.82) is 0 Å². The van der Waals surface area contributed by atoms with Gasteiger partial charge in [0.15, 0.2) is 5.96 Å². The lowest BCUT2D eigenvalue weighted by Crippen LogP contribution is -2.47. The highest BCUT2D eigenvalue weighted by atomic mass is 16.1. The Hall–Kier alpha value is -2.11. The standard InChI is InChI=1S/C19H31N5O/c1-4-21-18(23-14-19(8-6-9-19)11-15(2)3)22-13-17(25)24-16-7-5-10-20-12-16/h5,7,10,12,15H,4,6,8-9,11,13-14H2,1-3H3,(H,24,25)(H2,21,22,23). The molecule has 0 radical (unpaired) electrons. The van der Waals surface area contributed by atoms with E-state index in [2.05, 4.69) is 39.8 Å². The summed E-state index contributed by atoms with van der Waals surface area (Å²) in [7, 11) is 0. The molecule has 6 heteroatoms. The minimum Gasteiger partial charge on any atom is -0.357 e. The molecule has 1 aliphatic carbocycles. The number of hydrogen-bond acceptors (Lipinski definition) is 3. The SMILES string of the molecule is CCNC(=NCC(=O)Nc1cccnc1)NCC1(CC(C)C)CCC1. The van der Waals surface area contributed by atoms with Gasteiger partial charge in [-0.05, 0) is 49.7 Å². The highest BCUT2D eigenvalue weighted by Gasteiger charge is 2.37. The zero-order valence-electron chi connectivity index (χ0n) is 15.6. The lowest BCUT2D eigenvalue weighted by atomic mass is 9.64. The van der Waals surface area contributed by atoms with Crippen LogP contribution in [0.4, 0.5) is 5.69 Å². The number of amides is 1. The lowest BCUT2D eigenvalue weighted by molar-refractivity contribution is -0.114. The number of hydrogen-bond donors (Lipinski definition) is 3. The minimum atomic E-state index is -0.147. The van der Waals surface area contributed by atoms with Crippen molar-refractivity contribution in [2.24, 2.45) is 16.3 Å². The number of aliphatic imine (C=N–C) groups is 1. The third-order valence-electron chi connectivity index (χ3n) is 4.56. The van der Waals surface area contributed by atoms with Crippen molar-refractivity contribution in [1.82, 2.24) is 15.6 Å². The van der Waals surface area contributed by atoms with Gasteiger partial charge < -0.3 is 16.0 Å². The van der Waals surface area contributed by atoms with Gasteiger partial charge in [0.05, 0.1) is 11.9 Å². The molecule has 1 saturated carbocycles. The van der Waals surface area contributed by atoms with Crippen molar-refractivity contribution in [2.45, 2.75) is 46.5 Å². The monoisotopic (exact) mass is 345 g/mol. The van der Waals surface area contributed by atoms with E-state index in [0.717, 1.165) is 13.1 Å². The highest BCUT2D eigenvalue weighted by molar-refractivity contribution is 5.93. The number of carbonyl (C=O) groups excluding carboxylic acids is 1. The van der Waals surface area contributed by atoms with Crippen LogP contribution in [0.2, 0.25) is 0 Å². The quantitative estimate of drug-likeness (QED) is 0.500. The number of nitrogens with zero attached hydrogens (tertiary/aromatic N) is 2. The normalized spacial score (nSPS) is 16.2. The Bertz CT molecular complexity index is 566. The van der Waals surface area contributed by atoms with E-state index in [-0.39, 0.29) is 12.5 Å². The summed E-state index contributed by atoms with van der Waals surface area (Å²) in [5.74, 6) is 1.26.